The molecule has 1 atom stereocenters. The van der Waals surface area contributed by atoms with Gasteiger partial charge in [0, 0.05) is 6.54 Å². The molecule has 0 amide bonds. The first kappa shape index (κ1) is 13.3. The second-order valence-corrected chi connectivity index (χ2v) is 4.01. The highest BCUT2D eigenvalue weighted by Crippen LogP contribution is 2.13. The molecule has 92 valence electrons. The van der Waals surface area contributed by atoms with Gasteiger partial charge in [0.15, 0.2) is 0 Å². The molecule has 0 bridgehead atoms. The number of halogens is 1. The second kappa shape index (κ2) is 6.12. The molecule has 16 heavy (non-hydrogen) atoms. The Labute approximate surface area is 101 Å². The van der Waals surface area contributed by atoms with Crippen molar-refractivity contribution in [1.29, 1.82) is 0 Å². The number of nitrogens with zero attached hydrogens (tertiary/aromatic N) is 5. The van der Waals surface area contributed by atoms with E-state index < -0.39 is 6.10 Å². The zero-order valence-electron chi connectivity index (χ0n) is 9.38. The topological polar surface area (TPSA) is 67.1 Å². The standard InChI is InChI=1S/C9H17N5O.ClH/c1-13-11-9(10-12-13)8(15)7-14-5-3-2-4-6-14;/h8,15H,2-7H2,1H3;1H/p-1. The lowest BCUT2D eigenvalue weighted by atomic mass is 10.1. The normalized spacial score (nSPS) is 19.1. The summed E-state index contributed by atoms with van der Waals surface area (Å²) in [4.78, 5) is 3.62. The molecule has 1 N–H and O–H groups in total. The maximum atomic E-state index is 9.87. The van der Waals surface area contributed by atoms with E-state index in [1.54, 1.807) is 7.05 Å². The highest BCUT2D eigenvalue weighted by atomic mass is 35.5. The minimum atomic E-state index is -0.614. The van der Waals surface area contributed by atoms with Crippen LogP contribution in [0, 0.1) is 0 Å². The number of piperidine rings is 1. The third kappa shape index (κ3) is 3.40. The maximum absolute atomic E-state index is 9.87. The Morgan fingerprint density at radius 3 is 2.56 bits per heavy atom. The van der Waals surface area contributed by atoms with Crippen molar-refractivity contribution >= 4 is 0 Å². The average molecular weight is 247 g/mol. The molecule has 1 aromatic heterocycles. The molecule has 1 aromatic rings. The molecule has 6 nitrogen and oxygen atoms in total. The predicted octanol–water partition coefficient (Wildman–Crippen LogP) is -3.27. The summed E-state index contributed by atoms with van der Waals surface area (Å²) in [5, 5.41) is 21.4. The lowest BCUT2D eigenvalue weighted by molar-refractivity contribution is -0.00000544. The number of hydrogen-bond donors (Lipinski definition) is 1. The van der Waals surface area contributed by atoms with E-state index in [0.29, 0.717) is 12.4 Å². The Balaban J connectivity index is 0.00000128. The summed E-state index contributed by atoms with van der Waals surface area (Å²) in [6.07, 6.45) is 3.13. The summed E-state index contributed by atoms with van der Waals surface area (Å²) in [5.41, 5.74) is 0. The average Bonchev–Trinajstić information content (AvgIpc) is 2.66. The van der Waals surface area contributed by atoms with Crippen molar-refractivity contribution in [2.24, 2.45) is 7.05 Å². The number of rotatable bonds is 3. The van der Waals surface area contributed by atoms with Gasteiger partial charge in [-0.3, -0.25) is 0 Å². The third-order valence-electron chi connectivity index (χ3n) is 2.70. The van der Waals surface area contributed by atoms with Crippen LogP contribution < -0.4 is 12.4 Å². The number of hydrogen-bond acceptors (Lipinski definition) is 5. The molecule has 7 heteroatoms. The fraction of sp³-hybridized carbons (Fsp3) is 0.889. The van der Waals surface area contributed by atoms with Crippen molar-refractivity contribution in [3.63, 3.8) is 0 Å². The molecule has 1 saturated heterocycles. The van der Waals surface area contributed by atoms with E-state index in [4.69, 9.17) is 0 Å². The first-order chi connectivity index (χ1) is 7.25. The minimum Gasteiger partial charge on any atom is -1.00 e. The van der Waals surface area contributed by atoms with Gasteiger partial charge in [0.2, 0.25) is 5.82 Å². The van der Waals surface area contributed by atoms with E-state index in [1.807, 2.05) is 0 Å². The van der Waals surface area contributed by atoms with E-state index in [1.165, 1.54) is 24.1 Å². The highest BCUT2D eigenvalue weighted by molar-refractivity contribution is 4.86. The Hall–Kier alpha value is -0.720. The van der Waals surface area contributed by atoms with Gasteiger partial charge in [-0.25, -0.2) is 0 Å². The van der Waals surface area contributed by atoms with Gasteiger partial charge < -0.3 is 22.4 Å². The fourth-order valence-electron chi connectivity index (χ4n) is 1.90. The van der Waals surface area contributed by atoms with Crippen molar-refractivity contribution in [1.82, 2.24) is 25.1 Å². The maximum Gasteiger partial charge on any atom is 0.204 e. The predicted molar refractivity (Wildman–Crippen MR) is 54.0 cm³/mol. The van der Waals surface area contributed by atoms with Crippen molar-refractivity contribution in [2.75, 3.05) is 19.6 Å². The van der Waals surface area contributed by atoms with E-state index in [-0.39, 0.29) is 12.4 Å². The zero-order valence-corrected chi connectivity index (χ0v) is 10.1. The molecule has 1 fully saturated rings. The van der Waals surface area contributed by atoms with Crippen LogP contribution in [0.15, 0.2) is 0 Å². The van der Waals surface area contributed by atoms with Crippen LogP contribution in [-0.2, 0) is 7.05 Å². The molecular formula is C9H17ClN5O-. The first-order valence-electron chi connectivity index (χ1n) is 5.40. The molecule has 1 unspecified atom stereocenters. The number of tetrazole rings is 1. The largest absolute Gasteiger partial charge is 1.00 e. The monoisotopic (exact) mass is 246 g/mol. The summed E-state index contributed by atoms with van der Waals surface area (Å²) >= 11 is 0. The van der Waals surface area contributed by atoms with E-state index in [9.17, 15) is 5.11 Å². The summed E-state index contributed by atoms with van der Waals surface area (Å²) in [5.74, 6) is 0.420. The van der Waals surface area contributed by atoms with E-state index in [2.05, 4.69) is 20.3 Å². The highest BCUT2D eigenvalue weighted by Gasteiger charge is 2.18. The van der Waals surface area contributed by atoms with Crippen LogP contribution in [0.5, 0.6) is 0 Å². The first-order valence-corrected chi connectivity index (χ1v) is 5.40. The summed E-state index contributed by atoms with van der Waals surface area (Å²) in [6, 6.07) is 0. The number of aromatic nitrogens is 4. The fourth-order valence-corrected chi connectivity index (χ4v) is 1.90. The Morgan fingerprint density at radius 2 is 2.00 bits per heavy atom. The zero-order chi connectivity index (χ0) is 10.7. The SMILES string of the molecule is Cn1nnc(C(O)CN2CCCCC2)n1.[Cl-]. The second-order valence-electron chi connectivity index (χ2n) is 4.01. The van der Waals surface area contributed by atoms with Crippen LogP contribution in [-0.4, -0.2) is 49.8 Å². The van der Waals surface area contributed by atoms with Gasteiger partial charge in [-0.15, -0.1) is 10.2 Å². The third-order valence-corrected chi connectivity index (χ3v) is 2.70. The van der Waals surface area contributed by atoms with Crippen LogP contribution in [0.25, 0.3) is 0 Å². The van der Waals surface area contributed by atoms with Gasteiger partial charge in [-0.2, -0.15) is 4.80 Å². The number of aliphatic hydroxyl groups is 1. The van der Waals surface area contributed by atoms with Crippen molar-refractivity contribution < 1.29 is 17.5 Å². The van der Waals surface area contributed by atoms with Gasteiger partial charge in [-0.1, -0.05) is 6.42 Å². The van der Waals surface area contributed by atoms with Gasteiger partial charge in [-0.05, 0) is 31.1 Å². The van der Waals surface area contributed by atoms with Crippen molar-refractivity contribution in [3.05, 3.63) is 5.82 Å². The Bertz CT molecular complexity index is 313. The molecule has 0 saturated carbocycles. The van der Waals surface area contributed by atoms with E-state index >= 15 is 0 Å². The summed E-state index contributed by atoms with van der Waals surface area (Å²) in [6.45, 7) is 2.75. The molecule has 1 aliphatic heterocycles. The van der Waals surface area contributed by atoms with Gasteiger partial charge in [0.25, 0.3) is 0 Å². The molecule has 2 heterocycles. The lowest BCUT2D eigenvalue weighted by Gasteiger charge is -2.27. The molecule has 0 aromatic carbocycles. The van der Waals surface area contributed by atoms with Crippen LogP contribution in [0.1, 0.15) is 31.2 Å². The Morgan fingerprint density at radius 1 is 1.31 bits per heavy atom. The van der Waals surface area contributed by atoms with Gasteiger partial charge in [0.05, 0.1) is 7.05 Å². The number of β-amino-alcohol motifs (C(OH)–C–C–N with tert-alkyl or cyclic N) is 1. The molecule has 2 rings (SSSR count). The molecular weight excluding hydrogens is 230 g/mol. The molecule has 1 aliphatic rings. The lowest BCUT2D eigenvalue weighted by Crippen LogP contribution is -3.00. The Kier molecular flexibility index (Phi) is 5.11. The van der Waals surface area contributed by atoms with E-state index in [0.717, 1.165) is 13.1 Å². The minimum absolute atomic E-state index is 0. The smallest absolute Gasteiger partial charge is 0.204 e. The van der Waals surface area contributed by atoms with Crippen LogP contribution in [0.2, 0.25) is 0 Å². The van der Waals surface area contributed by atoms with Crippen LogP contribution >= 0.6 is 0 Å². The number of likely N-dealkylation sites (tertiary alicyclic amines) is 1. The van der Waals surface area contributed by atoms with Crippen molar-refractivity contribution in [3.8, 4) is 0 Å². The van der Waals surface area contributed by atoms with Crippen LogP contribution in [0.3, 0.4) is 0 Å². The quantitative estimate of drug-likeness (QED) is 0.606. The molecule has 0 spiro atoms. The number of aliphatic hydroxyl groups excluding tert-OH is 1. The summed E-state index contributed by atoms with van der Waals surface area (Å²) < 4.78 is 0. The van der Waals surface area contributed by atoms with Gasteiger partial charge >= 0.3 is 0 Å². The molecule has 0 aliphatic carbocycles. The van der Waals surface area contributed by atoms with Gasteiger partial charge in [0.1, 0.15) is 6.10 Å². The molecule has 0 radical (unpaired) electrons. The van der Waals surface area contributed by atoms with Crippen molar-refractivity contribution in [2.45, 2.75) is 25.4 Å². The number of aryl methyl sites for hydroxylation is 1. The summed E-state index contributed by atoms with van der Waals surface area (Å²) in [7, 11) is 1.70. The van der Waals surface area contributed by atoms with Crippen LogP contribution in [0.4, 0.5) is 0 Å².